The standard InChI is InChI=1S/C35H42ClN3O4S/c1-5-17-37(22-25-14-8-7-9-15-25)32(41)28-27-21-24(4)35(44-27)29(28)33(42)39(19-10-11-20-40)31(35)34(43)38(18-6-2)30-23(3)13-12-16-26(30)36/h5-9,12-16,24,27-29,31,40H,1-2,10-11,17-22H2,3-4H3/t24?,27-,28+,29+,31?,35?/m1/s1. The van der Waals surface area contributed by atoms with Crippen LogP contribution in [-0.4, -0.2) is 74.9 Å². The lowest BCUT2D eigenvalue weighted by atomic mass is 9.65. The lowest BCUT2D eigenvalue weighted by molar-refractivity contribution is -0.144. The number of aliphatic hydroxyl groups is 1. The van der Waals surface area contributed by atoms with Gasteiger partial charge in [0.15, 0.2) is 0 Å². The van der Waals surface area contributed by atoms with Gasteiger partial charge in [0.25, 0.3) is 5.91 Å². The highest BCUT2D eigenvalue weighted by Gasteiger charge is 2.76. The summed E-state index contributed by atoms with van der Waals surface area (Å²) >= 11 is 8.36. The number of hydrogen-bond donors (Lipinski definition) is 1. The summed E-state index contributed by atoms with van der Waals surface area (Å²) in [6, 6.07) is 14.6. The number of thioether (sulfide) groups is 1. The zero-order chi connectivity index (χ0) is 31.6. The van der Waals surface area contributed by atoms with E-state index in [4.69, 9.17) is 11.6 Å². The topological polar surface area (TPSA) is 81.2 Å². The number of carbonyl (C=O) groups is 3. The molecule has 0 saturated carbocycles. The Hall–Kier alpha value is -3.07. The first-order valence-electron chi connectivity index (χ1n) is 15.4. The zero-order valence-corrected chi connectivity index (χ0v) is 27.1. The average molecular weight is 636 g/mol. The monoisotopic (exact) mass is 635 g/mol. The number of aliphatic hydroxyl groups excluding tert-OH is 1. The van der Waals surface area contributed by atoms with E-state index in [0.29, 0.717) is 43.2 Å². The van der Waals surface area contributed by atoms with Crippen molar-refractivity contribution in [3.63, 3.8) is 0 Å². The van der Waals surface area contributed by atoms with Gasteiger partial charge in [-0.15, -0.1) is 24.9 Å². The van der Waals surface area contributed by atoms with Crippen molar-refractivity contribution in [3.8, 4) is 0 Å². The number of benzene rings is 2. The molecule has 6 atom stereocenters. The maximum Gasteiger partial charge on any atom is 0.251 e. The van der Waals surface area contributed by atoms with Crippen LogP contribution in [0.25, 0.3) is 0 Å². The molecule has 3 aliphatic rings. The molecule has 3 saturated heterocycles. The fourth-order valence-corrected chi connectivity index (χ4v) is 10.4. The maximum atomic E-state index is 14.9. The van der Waals surface area contributed by atoms with Crippen molar-refractivity contribution in [2.45, 2.75) is 55.7 Å². The molecule has 2 aromatic carbocycles. The van der Waals surface area contributed by atoms with Gasteiger partial charge in [0, 0.05) is 38.0 Å². The second-order valence-electron chi connectivity index (χ2n) is 12.2. The number of unbranched alkanes of at least 4 members (excludes halogenated alkanes) is 1. The fraction of sp³-hybridized carbons (Fsp3) is 0.457. The molecule has 0 aromatic heterocycles. The Kier molecular flexibility index (Phi) is 9.93. The second kappa shape index (κ2) is 13.5. The molecule has 234 valence electrons. The summed E-state index contributed by atoms with van der Waals surface area (Å²) in [5.41, 5.74) is 2.47. The van der Waals surface area contributed by atoms with Crippen LogP contribution >= 0.6 is 23.4 Å². The number of halogens is 1. The highest BCUT2D eigenvalue weighted by Crippen LogP contribution is 2.69. The molecule has 5 rings (SSSR count). The molecule has 2 aromatic rings. The van der Waals surface area contributed by atoms with Crippen LogP contribution in [0.15, 0.2) is 73.8 Å². The van der Waals surface area contributed by atoms with E-state index in [9.17, 15) is 19.5 Å². The molecule has 3 amide bonds. The maximum absolute atomic E-state index is 14.9. The molecule has 3 heterocycles. The van der Waals surface area contributed by atoms with Gasteiger partial charge >= 0.3 is 0 Å². The molecule has 3 aliphatic heterocycles. The van der Waals surface area contributed by atoms with Gasteiger partial charge in [0.2, 0.25) is 11.8 Å². The molecule has 7 nitrogen and oxygen atoms in total. The van der Waals surface area contributed by atoms with Crippen molar-refractivity contribution in [3.05, 3.63) is 90.0 Å². The molecule has 0 aliphatic carbocycles. The van der Waals surface area contributed by atoms with Crippen molar-refractivity contribution in [1.29, 1.82) is 0 Å². The first-order valence-corrected chi connectivity index (χ1v) is 16.7. The predicted octanol–water partition coefficient (Wildman–Crippen LogP) is 5.49. The van der Waals surface area contributed by atoms with Gasteiger partial charge in [-0.2, -0.15) is 0 Å². The van der Waals surface area contributed by atoms with Crippen molar-refractivity contribution in [1.82, 2.24) is 9.80 Å². The third-order valence-corrected chi connectivity index (χ3v) is 11.9. The van der Waals surface area contributed by atoms with Crippen molar-refractivity contribution < 1.29 is 19.5 Å². The Morgan fingerprint density at radius 2 is 1.82 bits per heavy atom. The summed E-state index contributed by atoms with van der Waals surface area (Å²) in [4.78, 5) is 49.1. The molecule has 3 unspecified atom stereocenters. The van der Waals surface area contributed by atoms with Crippen molar-refractivity contribution >= 4 is 46.8 Å². The molecule has 1 spiro atoms. The molecule has 2 bridgehead atoms. The van der Waals surface area contributed by atoms with Gasteiger partial charge < -0.3 is 19.8 Å². The zero-order valence-electron chi connectivity index (χ0n) is 25.5. The van der Waals surface area contributed by atoms with E-state index in [-0.39, 0.29) is 42.0 Å². The van der Waals surface area contributed by atoms with E-state index in [1.54, 1.807) is 44.7 Å². The molecule has 9 heteroatoms. The SMILES string of the molecule is C=CCN(Cc1ccccc1)C(=O)[C@@H]1[C@H]2C(=O)N(CCCCO)C(C(=O)N(CC=C)c3c(C)cccc3Cl)C23S[C@@H]1CC3C. The van der Waals surface area contributed by atoms with Crippen LogP contribution < -0.4 is 4.90 Å². The van der Waals surface area contributed by atoms with E-state index in [1.165, 1.54) is 0 Å². The molecular formula is C35H42ClN3O4S. The summed E-state index contributed by atoms with van der Waals surface area (Å²) < 4.78 is -0.764. The molecule has 44 heavy (non-hydrogen) atoms. The minimum absolute atomic E-state index is 0.000952. The normalized spacial score (nSPS) is 26.9. The Labute approximate surface area is 269 Å². The Balaban J connectivity index is 1.57. The van der Waals surface area contributed by atoms with Gasteiger partial charge in [-0.25, -0.2) is 0 Å². The van der Waals surface area contributed by atoms with E-state index in [1.807, 2.05) is 49.4 Å². The number of anilines is 1. The van der Waals surface area contributed by atoms with Crippen LogP contribution in [0.4, 0.5) is 5.69 Å². The average Bonchev–Trinajstić information content (AvgIpc) is 3.60. The lowest BCUT2D eigenvalue weighted by Crippen LogP contribution is -2.57. The lowest BCUT2D eigenvalue weighted by Gasteiger charge is -2.41. The van der Waals surface area contributed by atoms with E-state index in [0.717, 1.165) is 17.5 Å². The van der Waals surface area contributed by atoms with Crippen LogP contribution in [0.1, 0.15) is 37.3 Å². The number of rotatable bonds is 13. The smallest absolute Gasteiger partial charge is 0.251 e. The van der Waals surface area contributed by atoms with Crippen LogP contribution in [0.5, 0.6) is 0 Å². The van der Waals surface area contributed by atoms with Crippen molar-refractivity contribution in [2.24, 2.45) is 17.8 Å². The third-order valence-electron chi connectivity index (χ3n) is 9.49. The van der Waals surface area contributed by atoms with Crippen LogP contribution in [0.3, 0.4) is 0 Å². The molecule has 1 N–H and O–H groups in total. The Bertz CT molecular complexity index is 1400. The summed E-state index contributed by atoms with van der Waals surface area (Å²) in [5, 5.41) is 9.92. The van der Waals surface area contributed by atoms with Crippen LogP contribution in [0, 0.1) is 24.7 Å². The van der Waals surface area contributed by atoms with Crippen LogP contribution in [-0.2, 0) is 20.9 Å². The fourth-order valence-electron chi connectivity index (χ4n) is 7.65. The first kappa shape index (κ1) is 32.3. The first-order chi connectivity index (χ1) is 21.2. The predicted molar refractivity (Wildman–Crippen MR) is 177 cm³/mol. The number of fused-ring (bicyclic) bond motifs is 1. The highest BCUT2D eigenvalue weighted by molar-refractivity contribution is 8.02. The number of carbonyl (C=O) groups excluding carboxylic acids is 3. The number of para-hydroxylation sites is 1. The van der Waals surface area contributed by atoms with E-state index < -0.39 is 22.6 Å². The van der Waals surface area contributed by atoms with Crippen LogP contribution in [0.2, 0.25) is 5.02 Å². The Morgan fingerprint density at radius 1 is 1.09 bits per heavy atom. The van der Waals surface area contributed by atoms with Gasteiger partial charge in [-0.3, -0.25) is 14.4 Å². The summed E-state index contributed by atoms with van der Waals surface area (Å²) in [6.45, 7) is 13.2. The van der Waals surface area contributed by atoms with Gasteiger partial charge in [-0.05, 0) is 49.3 Å². The number of nitrogens with zero attached hydrogens (tertiary/aromatic N) is 3. The minimum atomic E-state index is -0.779. The van der Waals surface area contributed by atoms with Gasteiger partial charge in [0.1, 0.15) is 6.04 Å². The third kappa shape index (κ3) is 5.50. The Morgan fingerprint density at radius 3 is 2.48 bits per heavy atom. The van der Waals surface area contributed by atoms with E-state index in [2.05, 4.69) is 20.1 Å². The quantitative estimate of drug-likeness (QED) is 0.233. The summed E-state index contributed by atoms with van der Waals surface area (Å²) in [5.74, 6) is -1.55. The number of amides is 3. The van der Waals surface area contributed by atoms with Gasteiger partial charge in [-0.1, -0.05) is 73.1 Å². The van der Waals surface area contributed by atoms with E-state index >= 15 is 0 Å². The second-order valence-corrected chi connectivity index (χ2v) is 14.1. The minimum Gasteiger partial charge on any atom is -0.396 e. The molecule has 3 fully saturated rings. The van der Waals surface area contributed by atoms with Gasteiger partial charge in [0.05, 0.1) is 27.3 Å². The molecule has 0 radical (unpaired) electrons. The molecular weight excluding hydrogens is 594 g/mol. The number of aryl methyl sites for hydroxylation is 1. The number of hydrogen-bond acceptors (Lipinski definition) is 5. The largest absolute Gasteiger partial charge is 0.396 e. The summed E-state index contributed by atoms with van der Waals surface area (Å²) in [7, 11) is 0. The highest BCUT2D eigenvalue weighted by atomic mass is 35.5. The number of likely N-dealkylation sites (tertiary alicyclic amines) is 1. The van der Waals surface area contributed by atoms with Crippen molar-refractivity contribution in [2.75, 3.05) is 31.1 Å². The summed E-state index contributed by atoms with van der Waals surface area (Å²) in [6.07, 6.45) is 5.22.